The molecular weight excluding hydrogens is 354 g/mol. The van der Waals surface area contributed by atoms with Crippen LogP contribution < -0.4 is 0 Å². The fraction of sp³-hybridized carbons (Fsp3) is 0.957. The maximum absolute atomic E-state index is 9.75. The first-order valence-corrected chi connectivity index (χ1v) is 13.5. The van der Waals surface area contributed by atoms with E-state index in [9.17, 15) is 5.26 Å². The smallest absolute Gasteiger partial charge is 0.0689 e. The highest BCUT2D eigenvalue weighted by atomic mass is 32.2. The van der Waals surface area contributed by atoms with E-state index in [1.54, 1.807) is 0 Å². The van der Waals surface area contributed by atoms with Crippen LogP contribution in [-0.4, -0.2) is 16.1 Å². The second kappa shape index (κ2) is 12.6. The Bertz CT molecular complexity index is 401. The molecule has 0 N–H and O–H groups in total. The highest BCUT2D eigenvalue weighted by Crippen LogP contribution is 2.49. The molecule has 3 heteroatoms. The van der Waals surface area contributed by atoms with Crippen LogP contribution >= 0.6 is 23.5 Å². The summed E-state index contributed by atoms with van der Waals surface area (Å²) in [6.07, 6.45) is 18.4. The third-order valence-corrected chi connectivity index (χ3v) is 10.1. The summed E-state index contributed by atoms with van der Waals surface area (Å²) in [5.74, 6) is 4.60. The number of nitrogens with zero attached hydrogens (tertiary/aromatic N) is 1. The van der Waals surface area contributed by atoms with Crippen LogP contribution in [0, 0.1) is 28.6 Å². The molecule has 0 amide bonds. The molecule has 1 nitrogen and oxygen atoms in total. The first-order valence-electron chi connectivity index (χ1n) is 11.4. The second-order valence-electron chi connectivity index (χ2n) is 8.79. The Labute approximate surface area is 171 Å². The second-order valence-corrected chi connectivity index (χ2v) is 11.4. The molecule has 1 saturated heterocycles. The summed E-state index contributed by atoms with van der Waals surface area (Å²) in [5, 5.41) is 9.75. The van der Waals surface area contributed by atoms with Gasteiger partial charge < -0.3 is 0 Å². The summed E-state index contributed by atoms with van der Waals surface area (Å²) in [7, 11) is 0. The van der Waals surface area contributed by atoms with Crippen molar-refractivity contribution >= 4 is 23.5 Å². The highest BCUT2D eigenvalue weighted by Gasteiger charge is 2.38. The van der Waals surface area contributed by atoms with E-state index in [2.05, 4.69) is 43.4 Å². The van der Waals surface area contributed by atoms with Crippen LogP contribution in [0.25, 0.3) is 0 Å². The van der Waals surface area contributed by atoms with E-state index >= 15 is 0 Å². The van der Waals surface area contributed by atoms with Crippen molar-refractivity contribution in [1.82, 2.24) is 0 Å². The van der Waals surface area contributed by atoms with Crippen molar-refractivity contribution in [2.75, 3.05) is 11.5 Å². The lowest BCUT2D eigenvalue weighted by Crippen LogP contribution is -2.31. The van der Waals surface area contributed by atoms with E-state index in [1.165, 1.54) is 82.1 Å². The van der Waals surface area contributed by atoms with Gasteiger partial charge in [0.15, 0.2) is 0 Å². The van der Waals surface area contributed by atoms with Crippen LogP contribution in [-0.2, 0) is 0 Å². The first kappa shape index (κ1) is 22.5. The summed E-state index contributed by atoms with van der Waals surface area (Å²) >= 11 is 4.51. The molecule has 1 aliphatic carbocycles. The lowest BCUT2D eigenvalue weighted by Gasteiger charge is -2.40. The normalized spacial score (nSPS) is 32.3. The lowest BCUT2D eigenvalue weighted by molar-refractivity contribution is 0.200. The summed E-state index contributed by atoms with van der Waals surface area (Å²) in [4.78, 5) is 0. The number of rotatable bonds is 11. The number of thioether (sulfide) groups is 2. The van der Waals surface area contributed by atoms with E-state index in [0.717, 1.165) is 35.7 Å². The quantitative estimate of drug-likeness (QED) is 0.331. The van der Waals surface area contributed by atoms with Crippen LogP contribution in [0.2, 0.25) is 0 Å². The van der Waals surface area contributed by atoms with Gasteiger partial charge in [-0.2, -0.15) is 5.26 Å². The molecular formula is C23H41NS2. The average Bonchev–Trinajstić information content (AvgIpc) is 2.69. The van der Waals surface area contributed by atoms with Gasteiger partial charge in [-0.1, -0.05) is 65.2 Å². The Morgan fingerprint density at radius 2 is 1.50 bits per heavy atom. The van der Waals surface area contributed by atoms with Gasteiger partial charge in [-0.3, -0.25) is 0 Å². The van der Waals surface area contributed by atoms with Crippen molar-refractivity contribution in [3.8, 4) is 6.07 Å². The van der Waals surface area contributed by atoms with Crippen LogP contribution in [0.4, 0.5) is 0 Å². The molecule has 1 heterocycles. The number of nitriles is 1. The van der Waals surface area contributed by atoms with Crippen molar-refractivity contribution in [2.24, 2.45) is 17.3 Å². The molecule has 0 aromatic heterocycles. The molecule has 0 aromatic carbocycles. The van der Waals surface area contributed by atoms with E-state index in [0.29, 0.717) is 0 Å². The fourth-order valence-electron chi connectivity index (χ4n) is 4.63. The molecule has 2 aliphatic rings. The third kappa shape index (κ3) is 7.31. The minimum absolute atomic E-state index is 0.0245. The Hall–Kier alpha value is 0.190. The molecule has 2 fully saturated rings. The van der Waals surface area contributed by atoms with Crippen LogP contribution in [0.1, 0.15) is 104 Å². The van der Waals surface area contributed by atoms with Crippen molar-refractivity contribution < 1.29 is 0 Å². The molecule has 1 saturated carbocycles. The van der Waals surface area contributed by atoms with Gasteiger partial charge in [0, 0.05) is 0 Å². The monoisotopic (exact) mass is 395 g/mol. The van der Waals surface area contributed by atoms with Gasteiger partial charge >= 0.3 is 0 Å². The largest absolute Gasteiger partial charge is 0.198 e. The zero-order chi connectivity index (χ0) is 18.7. The number of unbranched alkanes of at least 4 members (excludes halogenated alkanes) is 6. The van der Waals surface area contributed by atoms with Gasteiger partial charge in [-0.05, 0) is 61.9 Å². The van der Waals surface area contributed by atoms with E-state index < -0.39 is 0 Å². The van der Waals surface area contributed by atoms with E-state index in [-0.39, 0.29) is 5.41 Å². The van der Waals surface area contributed by atoms with Crippen LogP contribution in [0.5, 0.6) is 0 Å². The zero-order valence-corrected chi connectivity index (χ0v) is 18.9. The third-order valence-electron chi connectivity index (χ3n) is 6.58. The van der Waals surface area contributed by atoms with Gasteiger partial charge in [0.1, 0.15) is 0 Å². The summed E-state index contributed by atoms with van der Waals surface area (Å²) < 4.78 is 0.818. The van der Waals surface area contributed by atoms with Crippen molar-refractivity contribution in [2.45, 2.75) is 108 Å². The maximum atomic E-state index is 9.75. The lowest BCUT2D eigenvalue weighted by atomic mass is 9.69. The molecule has 0 atom stereocenters. The van der Waals surface area contributed by atoms with Crippen molar-refractivity contribution in [3.05, 3.63) is 0 Å². The number of hydrogen-bond acceptors (Lipinski definition) is 3. The van der Waals surface area contributed by atoms with Crippen LogP contribution in [0.15, 0.2) is 0 Å². The maximum Gasteiger partial charge on any atom is 0.0689 e. The van der Waals surface area contributed by atoms with Gasteiger partial charge in [0.25, 0.3) is 0 Å². The molecule has 2 rings (SSSR count). The average molecular weight is 396 g/mol. The summed E-state index contributed by atoms with van der Waals surface area (Å²) in [5.41, 5.74) is 0.0245. The molecule has 1 aliphatic heterocycles. The highest BCUT2D eigenvalue weighted by molar-refractivity contribution is 8.17. The van der Waals surface area contributed by atoms with Crippen LogP contribution in [0.3, 0.4) is 0 Å². The van der Waals surface area contributed by atoms with Gasteiger partial charge in [-0.25, -0.2) is 0 Å². The predicted molar refractivity (Wildman–Crippen MR) is 120 cm³/mol. The molecule has 0 unspecified atom stereocenters. The van der Waals surface area contributed by atoms with E-state index in [1.807, 2.05) is 0 Å². The molecule has 0 bridgehead atoms. The zero-order valence-electron chi connectivity index (χ0n) is 17.3. The molecule has 0 radical (unpaired) electrons. The fourth-order valence-corrected chi connectivity index (χ4v) is 8.22. The molecule has 150 valence electrons. The molecule has 26 heavy (non-hydrogen) atoms. The van der Waals surface area contributed by atoms with Crippen molar-refractivity contribution in [1.29, 1.82) is 5.26 Å². The van der Waals surface area contributed by atoms with Gasteiger partial charge in [-0.15, -0.1) is 23.5 Å². The minimum atomic E-state index is 0.0245. The predicted octanol–water partition coefficient (Wildman–Crippen LogP) is 8.05. The summed E-state index contributed by atoms with van der Waals surface area (Å²) in [6.45, 7) is 4.55. The SMILES string of the molecule is CCCCCCCC1CSC(C2CCC(C#N)(CCCCC)CC2)SC1. The Morgan fingerprint density at radius 3 is 2.12 bits per heavy atom. The topological polar surface area (TPSA) is 23.8 Å². The van der Waals surface area contributed by atoms with E-state index in [4.69, 9.17) is 0 Å². The van der Waals surface area contributed by atoms with Gasteiger partial charge in [0.05, 0.1) is 16.1 Å². The van der Waals surface area contributed by atoms with Crippen molar-refractivity contribution in [3.63, 3.8) is 0 Å². The number of hydrogen-bond donors (Lipinski definition) is 0. The molecule has 0 spiro atoms. The Balaban J connectivity index is 1.64. The standard InChI is InChI=1S/C23H41NS2/c1-3-5-7-8-9-11-20-17-25-22(26-18-20)21-12-15-23(19-24,16-13-21)14-10-6-4-2/h20-22H,3-18H2,1-2H3. The molecule has 0 aromatic rings. The first-order chi connectivity index (χ1) is 12.7. The Morgan fingerprint density at radius 1 is 0.885 bits per heavy atom. The van der Waals surface area contributed by atoms with Gasteiger partial charge in [0.2, 0.25) is 0 Å². The Kier molecular flexibility index (Phi) is 10.9. The summed E-state index contributed by atoms with van der Waals surface area (Å²) in [6, 6.07) is 2.73. The minimum Gasteiger partial charge on any atom is -0.198 e.